The number of nitro groups is 1. The quantitative estimate of drug-likeness (QED) is 0.264. The number of amides is 1. The summed E-state index contributed by atoms with van der Waals surface area (Å²) >= 11 is 0. The van der Waals surface area contributed by atoms with Crippen molar-refractivity contribution in [3.63, 3.8) is 0 Å². The van der Waals surface area contributed by atoms with Crippen LogP contribution in [0.15, 0.2) is 60.3 Å². The summed E-state index contributed by atoms with van der Waals surface area (Å²) in [5.74, 6) is -1.44. The molecule has 27 heavy (non-hydrogen) atoms. The number of esters is 1. The number of nitrogens with zero attached hydrogens (tertiary/aromatic N) is 2. The van der Waals surface area contributed by atoms with Gasteiger partial charge in [0, 0.05) is 12.3 Å². The molecule has 9 heteroatoms. The molecular formula is C18H14N4O5. The number of benzene rings is 2. The lowest BCUT2D eigenvalue weighted by atomic mass is 10.1. The van der Waals surface area contributed by atoms with Gasteiger partial charge in [-0.05, 0) is 18.2 Å². The number of nitriles is 1. The van der Waals surface area contributed by atoms with Gasteiger partial charge in [-0.25, -0.2) is 4.79 Å². The molecule has 0 aliphatic rings. The first-order valence-electron chi connectivity index (χ1n) is 7.57. The molecular weight excluding hydrogens is 352 g/mol. The van der Waals surface area contributed by atoms with Crippen LogP contribution < -0.4 is 10.6 Å². The summed E-state index contributed by atoms with van der Waals surface area (Å²) in [6.07, 6.45) is 1.05. The normalized spacial score (nSPS) is 10.4. The smallest absolute Gasteiger partial charge is 0.339 e. The molecule has 0 radical (unpaired) electrons. The van der Waals surface area contributed by atoms with Gasteiger partial charge >= 0.3 is 5.97 Å². The summed E-state index contributed by atoms with van der Waals surface area (Å²) in [5.41, 5.74) is -0.133. The van der Waals surface area contributed by atoms with Crippen molar-refractivity contribution >= 4 is 28.9 Å². The first-order chi connectivity index (χ1) is 13.0. The number of methoxy groups -OCH3 is 1. The van der Waals surface area contributed by atoms with Crippen LogP contribution in [0.3, 0.4) is 0 Å². The number of para-hydroxylation sites is 3. The molecule has 0 spiro atoms. The maximum atomic E-state index is 12.3. The Morgan fingerprint density at radius 2 is 1.78 bits per heavy atom. The topological polar surface area (TPSA) is 134 Å². The third kappa shape index (κ3) is 4.67. The predicted octanol–water partition coefficient (Wildman–Crippen LogP) is 2.84. The van der Waals surface area contributed by atoms with Crippen molar-refractivity contribution in [2.45, 2.75) is 0 Å². The van der Waals surface area contributed by atoms with E-state index in [0.717, 1.165) is 6.20 Å². The lowest BCUT2D eigenvalue weighted by Gasteiger charge is -2.09. The molecule has 0 atom stereocenters. The third-order valence-electron chi connectivity index (χ3n) is 3.42. The van der Waals surface area contributed by atoms with E-state index in [9.17, 15) is 25.0 Å². The number of carbonyl (C=O) groups excluding carboxylic acids is 2. The Balaban J connectivity index is 2.23. The summed E-state index contributed by atoms with van der Waals surface area (Å²) in [4.78, 5) is 34.5. The van der Waals surface area contributed by atoms with Gasteiger partial charge in [0.15, 0.2) is 0 Å². The molecule has 0 saturated heterocycles. The molecule has 0 bridgehead atoms. The molecule has 0 aliphatic heterocycles. The standard InChI is InChI=1S/C18H14N4O5/c1-27-18(24)13-6-2-3-7-14(13)21-17(23)12(10-19)11-20-15-8-4-5-9-16(15)22(25)26/h2-9,11,20H,1H3,(H,21,23)/b12-11-. The largest absolute Gasteiger partial charge is 0.465 e. The number of nitrogens with one attached hydrogen (secondary N) is 2. The summed E-state index contributed by atoms with van der Waals surface area (Å²) in [6, 6.07) is 13.6. The Kier molecular flexibility index (Phi) is 6.22. The summed E-state index contributed by atoms with van der Waals surface area (Å²) < 4.78 is 4.64. The van der Waals surface area contributed by atoms with Gasteiger partial charge in [-0.3, -0.25) is 14.9 Å². The van der Waals surface area contributed by atoms with E-state index in [0.29, 0.717) is 0 Å². The molecule has 0 saturated carbocycles. The highest BCUT2D eigenvalue weighted by atomic mass is 16.6. The van der Waals surface area contributed by atoms with Crippen LogP contribution in [0, 0.1) is 21.4 Å². The average molecular weight is 366 g/mol. The van der Waals surface area contributed by atoms with Gasteiger partial charge in [-0.2, -0.15) is 5.26 Å². The van der Waals surface area contributed by atoms with E-state index in [1.807, 2.05) is 0 Å². The number of rotatable bonds is 6. The Bertz CT molecular complexity index is 962. The van der Waals surface area contributed by atoms with Gasteiger partial charge in [-0.15, -0.1) is 0 Å². The van der Waals surface area contributed by atoms with E-state index in [-0.39, 0.29) is 28.2 Å². The minimum Gasteiger partial charge on any atom is -0.465 e. The van der Waals surface area contributed by atoms with Crippen LogP contribution in [0.4, 0.5) is 17.1 Å². The van der Waals surface area contributed by atoms with Crippen LogP contribution in [-0.2, 0) is 9.53 Å². The van der Waals surface area contributed by atoms with Gasteiger partial charge in [-0.1, -0.05) is 24.3 Å². The van der Waals surface area contributed by atoms with Crippen LogP contribution >= 0.6 is 0 Å². The second-order valence-corrected chi connectivity index (χ2v) is 5.08. The van der Waals surface area contributed by atoms with E-state index >= 15 is 0 Å². The zero-order valence-electron chi connectivity index (χ0n) is 14.1. The maximum Gasteiger partial charge on any atom is 0.339 e. The van der Waals surface area contributed by atoms with Gasteiger partial charge in [0.05, 0.1) is 23.3 Å². The molecule has 2 aromatic rings. The average Bonchev–Trinajstić information content (AvgIpc) is 2.68. The van der Waals surface area contributed by atoms with Crippen molar-refractivity contribution < 1.29 is 19.2 Å². The van der Waals surface area contributed by atoms with Crippen LogP contribution in [0.5, 0.6) is 0 Å². The molecule has 0 unspecified atom stereocenters. The summed E-state index contributed by atoms with van der Waals surface area (Å²) in [5, 5.41) is 25.2. The van der Waals surface area contributed by atoms with E-state index in [2.05, 4.69) is 15.4 Å². The Hall–Kier alpha value is -4.19. The van der Waals surface area contributed by atoms with Gasteiger partial charge in [0.2, 0.25) is 0 Å². The molecule has 2 rings (SSSR count). The number of anilines is 2. The second kappa shape index (κ2) is 8.77. The van der Waals surface area contributed by atoms with Crippen LogP contribution in [0.2, 0.25) is 0 Å². The molecule has 9 nitrogen and oxygen atoms in total. The van der Waals surface area contributed by atoms with E-state index < -0.39 is 16.8 Å². The molecule has 0 fully saturated rings. The van der Waals surface area contributed by atoms with Crippen molar-refractivity contribution in [2.24, 2.45) is 0 Å². The molecule has 136 valence electrons. The molecule has 0 heterocycles. The molecule has 1 amide bonds. The number of carbonyl (C=O) groups is 2. The van der Waals surface area contributed by atoms with Gasteiger partial charge < -0.3 is 15.4 Å². The van der Waals surface area contributed by atoms with Gasteiger partial charge in [0.1, 0.15) is 17.3 Å². The van der Waals surface area contributed by atoms with Crippen molar-refractivity contribution in [3.05, 3.63) is 76.0 Å². The zero-order chi connectivity index (χ0) is 19.8. The Morgan fingerprint density at radius 1 is 1.15 bits per heavy atom. The number of ether oxygens (including phenoxy) is 1. The minimum absolute atomic E-state index is 0.122. The molecule has 2 aromatic carbocycles. The SMILES string of the molecule is COC(=O)c1ccccc1NC(=O)/C(C#N)=C\Nc1ccccc1[N+](=O)[O-]. The van der Waals surface area contributed by atoms with Gasteiger partial charge in [0.25, 0.3) is 11.6 Å². The maximum absolute atomic E-state index is 12.3. The third-order valence-corrected chi connectivity index (χ3v) is 3.42. The van der Waals surface area contributed by atoms with Crippen LogP contribution in [0.25, 0.3) is 0 Å². The predicted molar refractivity (Wildman–Crippen MR) is 96.8 cm³/mol. The fourth-order valence-corrected chi connectivity index (χ4v) is 2.12. The highest BCUT2D eigenvalue weighted by Gasteiger charge is 2.16. The summed E-state index contributed by atoms with van der Waals surface area (Å²) in [6.45, 7) is 0. The van der Waals surface area contributed by atoms with Crippen molar-refractivity contribution in [2.75, 3.05) is 17.7 Å². The monoisotopic (exact) mass is 366 g/mol. The first-order valence-corrected chi connectivity index (χ1v) is 7.57. The highest BCUT2D eigenvalue weighted by Crippen LogP contribution is 2.23. The van der Waals surface area contributed by atoms with Crippen molar-refractivity contribution in [1.82, 2.24) is 0 Å². The number of hydrogen-bond acceptors (Lipinski definition) is 7. The fourth-order valence-electron chi connectivity index (χ4n) is 2.12. The molecule has 0 aliphatic carbocycles. The van der Waals surface area contributed by atoms with Crippen LogP contribution in [0.1, 0.15) is 10.4 Å². The second-order valence-electron chi connectivity index (χ2n) is 5.08. The van der Waals surface area contributed by atoms with Crippen molar-refractivity contribution in [1.29, 1.82) is 5.26 Å². The van der Waals surface area contributed by atoms with E-state index in [4.69, 9.17) is 0 Å². The van der Waals surface area contributed by atoms with E-state index in [1.54, 1.807) is 24.3 Å². The molecule has 2 N–H and O–H groups in total. The Morgan fingerprint density at radius 3 is 2.41 bits per heavy atom. The zero-order valence-corrected chi connectivity index (χ0v) is 14.1. The minimum atomic E-state index is -0.792. The summed E-state index contributed by atoms with van der Waals surface area (Å²) in [7, 11) is 1.21. The molecule has 0 aromatic heterocycles. The Labute approximate surface area is 154 Å². The number of nitro benzene ring substituents is 1. The highest BCUT2D eigenvalue weighted by molar-refractivity contribution is 6.09. The van der Waals surface area contributed by atoms with E-state index in [1.165, 1.54) is 37.4 Å². The first kappa shape index (κ1) is 19.1. The number of hydrogen-bond donors (Lipinski definition) is 2. The van der Waals surface area contributed by atoms with Crippen molar-refractivity contribution in [3.8, 4) is 6.07 Å². The fraction of sp³-hybridized carbons (Fsp3) is 0.0556. The van der Waals surface area contributed by atoms with Crippen LogP contribution in [-0.4, -0.2) is 23.9 Å². The lowest BCUT2D eigenvalue weighted by Crippen LogP contribution is -2.17. The lowest BCUT2D eigenvalue weighted by molar-refractivity contribution is -0.383.